The molecule has 336 valence electrons. The highest BCUT2D eigenvalue weighted by atomic mass is 31.2. The molecule has 0 aromatic rings. The van der Waals surface area contributed by atoms with E-state index in [1.54, 1.807) is 0 Å². The van der Waals surface area contributed by atoms with Crippen LogP contribution in [0.3, 0.4) is 0 Å². The average Bonchev–Trinajstić information content (AvgIpc) is 3.20. The number of rotatable bonds is 43. The van der Waals surface area contributed by atoms with Crippen LogP contribution in [0.2, 0.25) is 0 Å². The Balaban J connectivity index is 3.87. The molecule has 0 radical (unpaired) electrons. The molecule has 0 saturated heterocycles. The third-order valence-corrected chi connectivity index (χ3v) is 10.5. The molecule has 58 heavy (non-hydrogen) atoms. The van der Waals surface area contributed by atoms with Crippen molar-refractivity contribution >= 4 is 19.8 Å². The molecule has 0 amide bonds. The van der Waals surface area contributed by atoms with E-state index in [2.05, 4.69) is 79.1 Å². The van der Waals surface area contributed by atoms with Crippen molar-refractivity contribution in [3.8, 4) is 0 Å². The maximum Gasteiger partial charge on any atom is 0.469 e. The Morgan fingerprint density at radius 3 is 1.26 bits per heavy atom. The number of hydrogen-bond acceptors (Lipinski definition) is 6. The lowest BCUT2D eigenvalue weighted by Crippen LogP contribution is -2.29. The summed E-state index contributed by atoms with van der Waals surface area (Å²) in [4.78, 5) is 43.0. The minimum Gasteiger partial charge on any atom is -0.462 e. The number of ether oxygens (including phenoxy) is 2. The Bertz CT molecular complexity index is 1120. The van der Waals surface area contributed by atoms with Crippen molar-refractivity contribution in [2.75, 3.05) is 13.2 Å². The first-order chi connectivity index (χ1) is 28.3. The SMILES string of the molecule is CC/C=C\C/C=C\C/C=C\C/C=C\CCCCCCC(=O)OC(COC(=O)CCCCCCCCCCCCC/C=C\CCCCCCCCCC)COP(=O)(O)O. The van der Waals surface area contributed by atoms with Gasteiger partial charge in [0, 0.05) is 12.8 Å². The van der Waals surface area contributed by atoms with Crippen LogP contribution in [0.15, 0.2) is 60.8 Å². The van der Waals surface area contributed by atoms with Gasteiger partial charge in [-0.3, -0.25) is 14.1 Å². The second-order valence-corrected chi connectivity index (χ2v) is 16.9. The quantitative estimate of drug-likeness (QED) is 0.0270. The maximum atomic E-state index is 12.4. The maximum absolute atomic E-state index is 12.4. The van der Waals surface area contributed by atoms with Gasteiger partial charge in [0.1, 0.15) is 6.61 Å². The van der Waals surface area contributed by atoms with Crippen LogP contribution in [-0.2, 0) is 28.2 Å². The molecule has 0 spiro atoms. The number of allylic oxidation sites excluding steroid dienone is 10. The Morgan fingerprint density at radius 1 is 0.466 bits per heavy atom. The number of esters is 2. The van der Waals surface area contributed by atoms with Crippen molar-refractivity contribution in [2.45, 2.75) is 225 Å². The Morgan fingerprint density at radius 2 is 0.828 bits per heavy atom. The second-order valence-electron chi connectivity index (χ2n) is 15.7. The highest BCUT2D eigenvalue weighted by molar-refractivity contribution is 7.46. The molecule has 0 aromatic heterocycles. The zero-order valence-corrected chi connectivity index (χ0v) is 38.1. The monoisotopic (exact) mass is 835 g/mol. The number of unbranched alkanes of at least 4 members (excludes halogenated alkanes) is 23. The molecule has 1 unspecified atom stereocenters. The van der Waals surface area contributed by atoms with Gasteiger partial charge in [-0.15, -0.1) is 0 Å². The van der Waals surface area contributed by atoms with Crippen molar-refractivity contribution in [3.05, 3.63) is 60.8 Å². The van der Waals surface area contributed by atoms with Gasteiger partial charge in [0.2, 0.25) is 0 Å². The van der Waals surface area contributed by atoms with Crippen molar-refractivity contribution < 1.29 is 37.9 Å². The molecule has 0 aliphatic heterocycles. The van der Waals surface area contributed by atoms with E-state index in [0.717, 1.165) is 70.6 Å². The summed E-state index contributed by atoms with van der Waals surface area (Å²) in [6, 6.07) is 0. The van der Waals surface area contributed by atoms with Crippen molar-refractivity contribution in [1.82, 2.24) is 0 Å². The summed E-state index contributed by atoms with van der Waals surface area (Å²) < 4.78 is 26.4. The average molecular weight is 835 g/mol. The summed E-state index contributed by atoms with van der Waals surface area (Å²) in [5, 5.41) is 0. The summed E-state index contributed by atoms with van der Waals surface area (Å²) >= 11 is 0. The minimum atomic E-state index is -4.77. The van der Waals surface area contributed by atoms with Gasteiger partial charge in [0.15, 0.2) is 6.10 Å². The number of phosphoric ester groups is 1. The molecule has 0 fully saturated rings. The van der Waals surface area contributed by atoms with E-state index in [1.807, 2.05) is 0 Å². The van der Waals surface area contributed by atoms with Gasteiger partial charge < -0.3 is 19.3 Å². The number of carbonyl (C=O) groups excluding carboxylic acids is 2. The number of carbonyl (C=O) groups is 2. The van der Waals surface area contributed by atoms with Gasteiger partial charge >= 0.3 is 19.8 Å². The minimum absolute atomic E-state index is 0.182. The summed E-state index contributed by atoms with van der Waals surface area (Å²) in [5.41, 5.74) is 0. The number of hydrogen-bond donors (Lipinski definition) is 2. The predicted molar refractivity (Wildman–Crippen MR) is 244 cm³/mol. The van der Waals surface area contributed by atoms with Crippen LogP contribution in [0.4, 0.5) is 0 Å². The highest BCUT2D eigenvalue weighted by Crippen LogP contribution is 2.36. The van der Waals surface area contributed by atoms with E-state index < -0.39 is 32.5 Å². The molecule has 0 aliphatic rings. The van der Waals surface area contributed by atoms with Crippen LogP contribution in [0.25, 0.3) is 0 Å². The van der Waals surface area contributed by atoms with E-state index in [-0.39, 0.29) is 19.4 Å². The van der Waals surface area contributed by atoms with Gasteiger partial charge in [0.05, 0.1) is 6.61 Å². The lowest BCUT2D eigenvalue weighted by Gasteiger charge is -2.18. The summed E-state index contributed by atoms with van der Waals surface area (Å²) in [6.45, 7) is 3.57. The van der Waals surface area contributed by atoms with Gasteiger partial charge in [0.25, 0.3) is 0 Å². The van der Waals surface area contributed by atoms with Gasteiger partial charge in [-0.05, 0) is 77.0 Å². The third kappa shape index (κ3) is 46.4. The predicted octanol–water partition coefficient (Wildman–Crippen LogP) is 14.9. The standard InChI is InChI=1S/C49H87O8P/c1-3-5-7-9-11-13-15-17-19-21-22-23-24-25-26-28-29-31-33-35-37-39-41-43-48(50)55-45-47(46-56-58(52,53)54)57-49(51)44-42-40-38-36-34-32-30-27-20-18-16-14-12-10-8-6-4-2/h6,8,12,14,18,20-22,30,32,47H,3-5,7,9-11,13,15-17,19,23-29,31,33-46H2,1-2H3,(H2,52,53,54)/b8-6-,14-12-,20-18-,22-21-,32-30-. The van der Waals surface area contributed by atoms with E-state index in [0.29, 0.717) is 6.42 Å². The Hall–Kier alpha value is -2.25. The van der Waals surface area contributed by atoms with Gasteiger partial charge in [-0.2, -0.15) is 0 Å². The topological polar surface area (TPSA) is 119 Å². The molecule has 2 N–H and O–H groups in total. The molecule has 0 rings (SSSR count). The summed E-state index contributed by atoms with van der Waals surface area (Å²) in [6.07, 6.45) is 56.7. The van der Waals surface area contributed by atoms with Gasteiger partial charge in [-0.25, -0.2) is 4.57 Å². The second kappa shape index (κ2) is 44.3. The smallest absolute Gasteiger partial charge is 0.462 e. The van der Waals surface area contributed by atoms with Crippen LogP contribution in [0.1, 0.15) is 219 Å². The zero-order valence-electron chi connectivity index (χ0n) is 37.2. The normalized spacial score (nSPS) is 13.0. The van der Waals surface area contributed by atoms with Crippen LogP contribution < -0.4 is 0 Å². The van der Waals surface area contributed by atoms with Crippen molar-refractivity contribution in [1.29, 1.82) is 0 Å². The van der Waals surface area contributed by atoms with Crippen molar-refractivity contribution in [3.63, 3.8) is 0 Å². The fraction of sp³-hybridized carbons (Fsp3) is 0.755. The fourth-order valence-corrected chi connectivity index (χ4v) is 6.90. The van der Waals surface area contributed by atoms with E-state index in [1.165, 1.54) is 116 Å². The van der Waals surface area contributed by atoms with Crippen LogP contribution in [0.5, 0.6) is 0 Å². The first-order valence-electron chi connectivity index (χ1n) is 23.6. The molecule has 0 aliphatic carbocycles. The molecule has 1 atom stereocenters. The Kier molecular flexibility index (Phi) is 42.6. The molecule has 0 bridgehead atoms. The molecule has 0 heterocycles. The van der Waals surface area contributed by atoms with Crippen molar-refractivity contribution in [2.24, 2.45) is 0 Å². The van der Waals surface area contributed by atoms with Crippen LogP contribution in [0, 0.1) is 0 Å². The number of phosphoric acid groups is 1. The summed E-state index contributed by atoms with van der Waals surface area (Å²) in [5.74, 6) is -0.911. The molecule has 8 nitrogen and oxygen atoms in total. The van der Waals surface area contributed by atoms with E-state index in [9.17, 15) is 14.2 Å². The zero-order chi connectivity index (χ0) is 42.5. The lowest BCUT2D eigenvalue weighted by atomic mass is 10.0. The fourth-order valence-electron chi connectivity index (χ4n) is 6.54. The molecule has 9 heteroatoms. The molecule has 0 aromatic carbocycles. The first kappa shape index (κ1) is 55.8. The lowest BCUT2D eigenvalue weighted by molar-refractivity contribution is -0.161. The van der Waals surface area contributed by atoms with Gasteiger partial charge in [-0.1, -0.05) is 190 Å². The van der Waals surface area contributed by atoms with E-state index >= 15 is 0 Å². The highest BCUT2D eigenvalue weighted by Gasteiger charge is 2.22. The third-order valence-electron chi connectivity index (χ3n) is 10.0. The summed E-state index contributed by atoms with van der Waals surface area (Å²) in [7, 11) is -4.77. The van der Waals surface area contributed by atoms with Crippen LogP contribution in [-0.4, -0.2) is 41.0 Å². The Labute approximate surface area is 356 Å². The van der Waals surface area contributed by atoms with E-state index in [4.69, 9.17) is 19.3 Å². The molecule has 0 saturated carbocycles. The largest absolute Gasteiger partial charge is 0.469 e. The first-order valence-corrected chi connectivity index (χ1v) is 25.1. The molecular formula is C49H87O8P. The molecular weight excluding hydrogens is 748 g/mol. The van der Waals surface area contributed by atoms with Crippen LogP contribution >= 0.6 is 7.82 Å².